The SMILES string of the molecule is CCNc1nc(-c2nccs2)nc(C2CC2)c1Br. The van der Waals surface area contributed by atoms with Gasteiger partial charge in [-0.15, -0.1) is 11.3 Å². The summed E-state index contributed by atoms with van der Waals surface area (Å²) in [6.45, 7) is 2.91. The van der Waals surface area contributed by atoms with Crippen LogP contribution in [0.3, 0.4) is 0 Å². The van der Waals surface area contributed by atoms with Gasteiger partial charge in [0.2, 0.25) is 0 Å². The van der Waals surface area contributed by atoms with Crippen molar-refractivity contribution in [2.75, 3.05) is 11.9 Å². The lowest BCUT2D eigenvalue weighted by molar-refractivity contribution is 0.972. The van der Waals surface area contributed by atoms with Crippen LogP contribution in [-0.2, 0) is 0 Å². The summed E-state index contributed by atoms with van der Waals surface area (Å²) in [5, 5.41) is 6.11. The van der Waals surface area contributed by atoms with Crippen molar-refractivity contribution in [2.45, 2.75) is 25.7 Å². The predicted molar refractivity (Wildman–Crippen MR) is 77.0 cm³/mol. The number of hydrogen-bond acceptors (Lipinski definition) is 5. The first kappa shape index (κ1) is 12.0. The summed E-state index contributed by atoms with van der Waals surface area (Å²) in [6, 6.07) is 0. The van der Waals surface area contributed by atoms with Crippen LogP contribution in [0.2, 0.25) is 0 Å². The molecule has 6 heteroatoms. The molecule has 1 saturated carbocycles. The molecule has 2 heterocycles. The number of nitrogens with one attached hydrogen (secondary N) is 1. The minimum absolute atomic E-state index is 0.582. The minimum Gasteiger partial charge on any atom is -0.369 e. The van der Waals surface area contributed by atoms with Gasteiger partial charge < -0.3 is 5.32 Å². The quantitative estimate of drug-likeness (QED) is 0.932. The zero-order valence-corrected chi connectivity index (χ0v) is 12.4. The summed E-state index contributed by atoms with van der Waals surface area (Å²) in [6.07, 6.45) is 4.23. The number of anilines is 1. The number of thiazole rings is 1. The second-order valence-electron chi connectivity index (χ2n) is 4.24. The maximum absolute atomic E-state index is 4.67. The molecule has 0 spiro atoms. The molecule has 0 amide bonds. The highest BCUT2D eigenvalue weighted by Crippen LogP contribution is 2.44. The monoisotopic (exact) mass is 324 g/mol. The summed E-state index contributed by atoms with van der Waals surface area (Å²) < 4.78 is 1.01. The molecule has 94 valence electrons. The van der Waals surface area contributed by atoms with E-state index in [9.17, 15) is 0 Å². The lowest BCUT2D eigenvalue weighted by Crippen LogP contribution is -2.05. The third-order valence-electron chi connectivity index (χ3n) is 2.81. The van der Waals surface area contributed by atoms with Gasteiger partial charge in [-0.1, -0.05) is 0 Å². The maximum atomic E-state index is 4.67. The van der Waals surface area contributed by atoms with E-state index in [1.165, 1.54) is 12.8 Å². The minimum atomic E-state index is 0.582. The summed E-state index contributed by atoms with van der Waals surface area (Å²) in [7, 11) is 0. The van der Waals surface area contributed by atoms with Gasteiger partial charge >= 0.3 is 0 Å². The van der Waals surface area contributed by atoms with Gasteiger partial charge in [-0.2, -0.15) is 0 Å². The van der Waals surface area contributed by atoms with E-state index in [0.29, 0.717) is 5.92 Å². The molecular weight excluding hydrogens is 312 g/mol. The Kier molecular flexibility index (Phi) is 3.30. The van der Waals surface area contributed by atoms with E-state index in [2.05, 4.69) is 43.1 Å². The highest BCUT2D eigenvalue weighted by molar-refractivity contribution is 9.10. The number of hydrogen-bond donors (Lipinski definition) is 1. The Hall–Kier alpha value is -1.01. The molecule has 0 aromatic carbocycles. The topological polar surface area (TPSA) is 50.7 Å². The van der Waals surface area contributed by atoms with Gasteiger partial charge in [0.25, 0.3) is 0 Å². The van der Waals surface area contributed by atoms with Crippen molar-refractivity contribution in [2.24, 2.45) is 0 Å². The average Bonchev–Trinajstić information content (AvgIpc) is 3.06. The molecule has 2 aromatic rings. The van der Waals surface area contributed by atoms with E-state index >= 15 is 0 Å². The van der Waals surface area contributed by atoms with Crippen molar-refractivity contribution >= 4 is 33.1 Å². The molecule has 0 unspecified atom stereocenters. The maximum Gasteiger partial charge on any atom is 0.191 e. The Morgan fingerprint density at radius 1 is 1.44 bits per heavy atom. The molecule has 1 aliphatic carbocycles. The second-order valence-corrected chi connectivity index (χ2v) is 5.92. The molecule has 0 bridgehead atoms. The molecule has 2 aromatic heterocycles. The zero-order chi connectivity index (χ0) is 12.5. The van der Waals surface area contributed by atoms with E-state index in [-0.39, 0.29) is 0 Å². The summed E-state index contributed by atoms with van der Waals surface area (Å²) in [5.74, 6) is 2.18. The Balaban J connectivity index is 2.09. The third-order valence-corrected chi connectivity index (χ3v) is 4.36. The fraction of sp³-hybridized carbons (Fsp3) is 0.417. The van der Waals surface area contributed by atoms with Gasteiger partial charge in [0.15, 0.2) is 10.8 Å². The molecule has 0 atom stereocenters. The summed E-state index contributed by atoms with van der Waals surface area (Å²) in [5.41, 5.74) is 1.12. The number of rotatable bonds is 4. The van der Waals surface area contributed by atoms with E-state index in [4.69, 9.17) is 0 Å². The van der Waals surface area contributed by atoms with E-state index in [1.807, 2.05) is 5.38 Å². The van der Waals surface area contributed by atoms with Crippen LogP contribution in [0.15, 0.2) is 16.0 Å². The van der Waals surface area contributed by atoms with E-state index in [0.717, 1.165) is 33.4 Å². The van der Waals surface area contributed by atoms with Crippen LogP contribution in [0.5, 0.6) is 0 Å². The standard InChI is InChI=1S/C12H13BrN4S/c1-2-14-10-8(13)9(7-3-4-7)16-11(17-10)12-15-5-6-18-12/h5-7H,2-4H2,1H3,(H,14,16,17). The van der Waals surface area contributed by atoms with Crippen LogP contribution in [0.1, 0.15) is 31.4 Å². The van der Waals surface area contributed by atoms with Gasteiger partial charge in [-0.25, -0.2) is 15.0 Å². The molecule has 4 nitrogen and oxygen atoms in total. The lowest BCUT2D eigenvalue weighted by atomic mass is 10.2. The van der Waals surface area contributed by atoms with Crippen molar-refractivity contribution in [3.05, 3.63) is 21.7 Å². The van der Waals surface area contributed by atoms with Crippen molar-refractivity contribution in [1.82, 2.24) is 15.0 Å². The van der Waals surface area contributed by atoms with Gasteiger partial charge in [0, 0.05) is 24.0 Å². The van der Waals surface area contributed by atoms with Crippen molar-refractivity contribution in [1.29, 1.82) is 0 Å². The average molecular weight is 325 g/mol. The lowest BCUT2D eigenvalue weighted by Gasteiger charge is -2.10. The number of halogens is 1. The van der Waals surface area contributed by atoms with Crippen molar-refractivity contribution in [3.63, 3.8) is 0 Å². The molecule has 1 N–H and O–H groups in total. The fourth-order valence-electron chi connectivity index (χ4n) is 1.81. The Labute approximate surface area is 118 Å². The highest BCUT2D eigenvalue weighted by atomic mass is 79.9. The Bertz CT molecular complexity index is 551. The number of nitrogens with zero attached hydrogens (tertiary/aromatic N) is 3. The van der Waals surface area contributed by atoms with Crippen LogP contribution in [0, 0.1) is 0 Å². The first-order valence-electron chi connectivity index (χ1n) is 6.00. The summed E-state index contributed by atoms with van der Waals surface area (Å²) >= 11 is 5.19. The van der Waals surface area contributed by atoms with Gasteiger partial charge in [-0.3, -0.25) is 0 Å². The van der Waals surface area contributed by atoms with Crippen LogP contribution in [0.25, 0.3) is 10.8 Å². The molecular formula is C12H13BrN4S. The van der Waals surface area contributed by atoms with Crippen molar-refractivity contribution < 1.29 is 0 Å². The smallest absolute Gasteiger partial charge is 0.191 e. The zero-order valence-electron chi connectivity index (χ0n) is 9.98. The normalized spacial score (nSPS) is 14.8. The summed E-state index contributed by atoms with van der Waals surface area (Å²) in [4.78, 5) is 13.5. The predicted octanol–water partition coefficient (Wildman–Crippen LogP) is 3.67. The highest BCUT2D eigenvalue weighted by Gasteiger charge is 2.29. The van der Waals surface area contributed by atoms with E-state index < -0.39 is 0 Å². The molecule has 0 radical (unpaired) electrons. The molecule has 0 aliphatic heterocycles. The fourth-order valence-corrected chi connectivity index (χ4v) is 3.02. The third kappa shape index (κ3) is 2.27. The van der Waals surface area contributed by atoms with Crippen molar-refractivity contribution in [3.8, 4) is 10.8 Å². The molecule has 3 rings (SSSR count). The Morgan fingerprint density at radius 2 is 2.28 bits per heavy atom. The van der Waals surface area contributed by atoms with Gasteiger partial charge in [0.1, 0.15) is 5.82 Å². The molecule has 1 aliphatic rings. The van der Waals surface area contributed by atoms with Crippen LogP contribution >= 0.6 is 27.3 Å². The molecule has 0 saturated heterocycles. The first-order chi connectivity index (χ1) is 8.79. The Morgan fingerprint density at radius 3 is 2.89 bits per heavy atom. The van der Waals surface area contributed by atoms with Crippen LogP contribution < -0.4 is 5.32 Å². The van der Waals surface area contributed by atoms with Crippen LogP contribution in [0.4, 0.5) is 5.82 Å². The second kappa shape index (κ2) is 4.93. The molecule has 1 fully saturated rings. The van der Waals surface area contributed by atoms with E-state index in [1.54, 1.807) is 17.5 Å². The van der Waals surface area contributed by atoms with Crippen LogP contribution in [-0.4, -0.2) is 21.5 Å². The molecule has 18 heavy (non-hydrogen) atoms. The van der Waals surface area contributed by atoms with Gasteiger partial charge in [-0.05, 0) is 35.7 Å². The largest absolute Gasteiger partial charge is 0.369 e. The van der Waals surface area contributed by atoms with Gasteiger partial charge in [0.05, 0.1) is 10.2 Å². The first-order valence-corrected chi connectivity index (χ1v) is 7.68. The number of aromatic nitrogens is 3.